The van der Waals surface area contributed by atoms with Crippen LogP contribution >= 0.6 is 11.6 Å². The second-order valence-corrected chi connectivity index (χ2v) is 7.87. The molecule has 32 heavy (non-hydrogen) atoms. The van der Waals surface area contributed by atoms with Crippen molar-refractivity contribution in [3.8, 4) is 22.5 Å². The molecule has 0 saturated carbocycles. The van der Waals surface area contributed by atoms with Crippen LogP contribution in [0.25, 0.3) is 33.5 Å². The Labute approximate surface area is 188 Å². The molecule has 2 aromatic carbocycles. The Morgan fingerprint density at radius 3 is 2.31 bits per heavy atom. The average Bonchev–Trinajstić information content (AvgIpc) is 3.19. The van der Waals surface area contributed by atoms with Gasteiger partial charge in [0.15, 0.2) is 12.2 Å². The lowest BCUT2D eigenvalue weighted by atomic mass is 10.1. The topological polar surface area (TPSA) is 98.1 Å². The summed E-state index contributed by atoms with van der Waals surface area (Å²) in [7, 11) is 0. The molecule has 9 heteroatoms. The number of rotatable bonds is 4. The molecule has 0 unspecified atom stereocenters. The number of aliphatic hydroxyl groups excluding tert-OH is 1. The van der Waals surface area contributed by atoms with Gasteiger partial charge in [0, 0.05) is 11.1 Å². The second kappa shape index (κ2) is 8.39. The molecule has 0 saturated heterocycles. The van der Waals surface area contributed by atoms with Crippen LogP contribution in [0.15, 0.2) is 60.7 Å². The van der Waals surface area contributed by atoms with Gasteiger partial charge in [0.1, 0.15) is 24.5 Å². The summed E-state index contributed by atoms with van der Waals surface area (Å²) in [5.74, 6) is -0.0950. The molecule has 0 fully saturated rings. The summed E-state index contributed by atoms with van der Waals surface area (Å²) in [5.41, 5.74) is 3.35. The lowest BCUT2D eigenvalue weighted by Crippen LogP contribution is -2.80. The van der Waals surface area contributed by atoms with Gasteiger partial charge in [0.05, 0.1) is 17.0 Å². The molecule has 0 bridgehead atoms. The highest BCUT2D eigenvalue weighted by atomic mass is 35.5. The first-order valence-electron chi connectivity index (χ1n) is 10.2. The molecular formula is C23H20ClN6O2+. The van der Waals surface area contributed by atoms with Gasteiger partial charge in [-0.2, -0.15) is 5.10 Å². The standard InChI is InChI=1S/C23H19ClN6O2/c24-20-19-21(15-7-3-1-4-8-15)28-30(14-18(32)29-12-11-25-17(31)13-29)23(19)27-26-22(20)16-9-5-2-6-10-16/h1-10H,11-14H2,(H,25,31)/p+1. The maximum Gasteiger partial charge on any atom is 0.352 e. The fourth-order valence-corrected chi connectivity index (χ4v) is 4.12. The molecule has 0 aliphatic carbocycles. The van der Waals surface area contributed by atoms with Gasteiger partial charge >= 0.3 is 5.90 Å². The number of amides is 1. The highest BCUT2D eigenvalue weighted by molar-refractivity contribution is 6.38. The third kappa shape index (κ3) is 3.69. The Morgan fingerprint density at radius 2 is 1.66 bits per heavy atom. The summed E-state index contributed by atoms with van der Waals surface area (Å²) < 4.78 is 1.53. The Morgan fingerprint density at radius 1 is 1.00 bits per heavy atom. The van der Waals surface area contributed by atoms with Gasteiger partial charge in [0.25, 0.3) is 0 Å². The van der Waals surface area contributed by atoms with Crippen LogP contribution in [0.5, 0.6) is 0 Å². The number of carbonyl (C=O) groups excluding carboxylic acids is 1. The van der Waals surface area contributed by atoms with Crippen molar-refractivity contribution in [3.05, 3.63) is 65.7 Å². The number of aliphatic hydroxyl groups is 1. The molecule has 160 valence electrons. The Balaban J connectivity index is 1.62. The predicted molar refractivity (Wildman–Crippen MR) is 121 cm³/mol. The van der Waals surface area contributed by atoms with Crippen molar-refractivity contribution in [2.24, 2.45) is 0 Å². The summed E-state index contributed by atoms with van der Waals surface area (Å²) in [6.45, 7) is 1.11. The van der Waals surface area contributed by atoms with Crippen molar-refractivity contribution < 1.29 is 14.9 Å². The first kappa shape index (κ1) is 20.1. The van der Waals surface area contributed by atoms with Gasteiger partial charge in [-0.1, -0.05) is 72.3 Å². The Kier molecular flexibility index (Phi) is 5.28. The smallest absolute Gasteiger partial charge is 0.352 e. The molecule has 1 aliphatic rings. The van der Waals surface area contributed by atoms with Crippen LogP contribution in [0.2, 0.25) is 5.02 Å². The lowest BCUT2D eigenvalue weighted by Gasteiger charge is -2.21. The quantitative estimate of drug-likeness (QED) is 0.496. The zero-order chi connectivity index (χ0) is 22.1. The van der Waals surface area contributed by atoms with Crippen molar-refractivity contribution in [3.63, 3.8) is 0 Å². The van der Waals surface area contributed by atoms with Gasteiger partial charge in [-0.05, 0) is 0 Å². The van der Waals surface area contributed by atoms with E-state index in [1.807, 2.05) is 60.7 Å². The summed E-state index contributed by atoms with van der Waals surface area (Å²) in [4.78, 5) is 17.3. The molecule has 4 aromatic rings. The largest absolute Gasteiger partial charge is 0.462 e. The molecular weight excluding hydrogens is 428 g/mol. The summed E-state index contributed by atoms with van der Waals surface area (Å²) >= 11 is 6.85. The third-order valence-corrected chi connectivity index (χ3v) is 5.75. The number of hydrogen-bond donors (Lipinski definition) is 2. The van der Waals surface area contributed by atoms with E-state index >= 15 is 0 Å². The van der Waals surface area contributed by atoms with Gasteiger partial charge in [0.2, 0.25) is 5.91 Å². The minimum Gasteiger partial charge on any atom is -0.462 e. The van der Waals surface area contributed by atoms with Crippen molar-refractivity contribution >= 4 is 34.4 Å². The number of halogens is 1. The first-order valence-corrected chi connectivity index (χ1v) is 10.6. The van der Waals surface area contributed by atoms with E-state index < -0.39 is 0 Å². The van der Waals surface area contributed by atoms with Gasteiger partial charge in [-0.3, -0.25) is 4.79 Å². The van der Waals surface area contributed by atoms with Crippen LogP contribution in [0.1, 0.15) is 0 Å². The number of aromatic nitrogens is 4. The number of nitrogens with one attached hydrogen (secondary N) is 1. The van der Waals surface area contributed by atoms with E-state index in [9.17, 15) is 9.90 Å². The molecule has 5 rings (SSSR count). The van der Waals surface area contributed by atoms with Crippen LogP contribution in [0.3, 0.4) is 0 Å². The maximum absolute atomic E-state index is 12.9. The number of carbonyl (C=O) groups is 1. The Bertz CT molecular complexity index is 1320. The molecule has 2 N–H and O–H groups in total. The zero-order valence-electron chi connectivity index (χ0n) is 17.1. The van der Waals surface area contributed by atoms with Crippen molar-refractivity contribution in [1.82, 2.24) is 24.9 Å². The molecule has 1 amide bonds. The summed E-state index contributed by atoms with van der Waals surface area (Å²) in [5, 5.41) is 24.3. The highest BCUT2D eigenvalue weighted by Gasteiger charge is 2.26. The van der Waals surface area contributed by atoms with Crippen LogP contribution < -0.4 is 4.99 Å². The minimum atomic E-state index is -0.174. The maximum atomic E-state index is 12.9. The van der Waals surface area contributed by atoms with Gasteiger partial charge < -0.3 is 10.0 Å². The van der Waals surface area contributed by atoms with Crippen LogP contribution in [-0.4, -0.2) is 61.4 Å². The molecule has 8 nitrogen and oxygen atoms in total. The van der Waals surface area contributed by atoms with Crippen LogP contribution in [0.4, 0.5) is 0 Å². The molecule has 0 radical (unpaired) electrons. The number of hydrogen-bond acceptors (Lipinski definition) is 4. The first-order chi connectivity index (χ1) is 15.6. The van der Waals surface area contributed by atoms with E-state index in [1.165, 1.54) is 4.68 Å². The van der Waals surface area contributed by atoms with Gasteiger partial charge in [-0.15, -0.1) is 10.2 Å². The van der Waals surface area contributed by atoms with Crippen LogP contribution in [0, 0.1) is 0 Å². The fourth-order valence-electron chi connectivity index (χ4n) is 3.80. The van der Waals surface area contributed by atoms with E-state index in [0.29, 0.717) is 40.5 Å². The van der Waals surface area contributed by atoms with Crippen molar-refractivity contribution in [2.45, 2.75) is 6.54 Å². The van der Waals surface area contributed by atoms with E-state index in [1.54, 1.807) is 4.90 Å². The molecule has 0 atom stereocenters. The zero-order valence-corrected chi connectivity index (χ0v) is 17.8. The van der Waals surface area contributed by atoms with E-state index in [-0.39, 0.29) is 24.9 Å². The molecule has 3 heterocycles. The van der Waals surface area contributed by atoms with Crippen molar-refractivity contribution in [1.29, 1.82) is 0 Å². The summed E-state index contributed by atoms with van der Waals surface area (Å²) in [6, 6.07) is 19.2. The molecule has 1 aliphatic heterocycles. The second-order valence-electron chi connectivity index (χ2n) is 7.49. The summed E-state index contributed by atoms with van der Waals surface area (Å²) in [6.07, 6.45) is 0. The van der Waals surface area contributed by atoms with Gasteiger partial charge in [-0.25, -0.2) is 9.67 Å². The predicted octanol–water partition coefficient (Wildman–Crippen LogP) is 1.69. The number of nitrogens with zero attached hydrogens (tertiary/aromatic N) is 5. The Hall–Kier alpha value is -3.78. The number of benzene rings is 2. The SMILES string of the molecule is O=C(Cn1nc(-c2ccccc2)c2c(Cl)c(-c3ccccc3)nnc21)N1CC[NH+]=C(O)C1. The monoisotopic (exact) mass is 447 g/mol. The normalized spacial score (nSPS) is 13.9. The average molecular weight is 448 g/mol. The fraction of sp³-hybridized carbons (Fsp3) is 0.174. The minimum absolute atomic E-state index is 0.0354. The van der Waals surface area contributed by atoms with E-state index in [4.69, 9.17) is 16.7 Å². The van der Waals surface area contributed by atoms with Crippen LogP contribution in [-0.2, 0) is 11.3 Å². The third-order valence-electron chi connectivity index (χ3n) is 5.38. The van der Waals surface area contributed by atoms with E-state index in [0.717, 1.165) is 11.1 Å². The van der Waals surface area contributed by atoms with Crippen molar-refractivity contribution in [2.75, 3.05) is 19.6 Å². The molecule has 0 spiro atoms. The highest BCUT2D eigenvalue weighted by Crippen LogP contribution is 2.37. The number of fused-ring (bicyclic) bond motifs is 1. The van der Waals surface area contributed by atoms with E-state index in [2.05, 4.69) is 15.2 Å². The lowest BCUT2D eigenvalue weighted by molar-refractivity contribution is -0.473. The molecule has 2 aromatic heterocycles.